The van der Waals surface area contributed by atoms with Gasteiger partial charge in [-0.3, -0.25) is 9.78 Å². The minimum absolute atomic E-state index is 0.147. The average molecular weight is 409 g/mol. The molecule has 0 saturated carbocycles. The lowest BCUT2D eigenvalue weighted by Crippen LogP contribution is -2.44. The zero-order valence-electron chi connectivity index (χ0n) is 16.6. The molecule has 1 amide bonds. The van der Waals surface area contributed by atoms with Crippen molar-refractivity contribution in [1.82, 2.24) is 9.88 Å². The normalized spacial score (nSPS) is 14.6. The van der Waals surface area contributed by atoms with Crippen LogP contribution in [0.1, 0.15) is 9.67 Å². The van der Waals surface area contributed by atoms with Gasteiger partial charge in [-0.2, -0.15) is 0 Å². The van der Waals surface area contributed by atoms with Crippen LogP contribution >= 0.6 is 11.3 Å². The fraction of sp³-hybridized carbons (Fsp3) is 0.273. The standard InChI is InChI=1S/C22H24N4O2S/c1-25-10-12-26(13-11-25)17-7-5-6-16(14-17)24-22(27)20-15-19(28-2)21(29-20)18-8-3-4-9-23-18/h3-9,14-15H,10-13H2,1-2H3,(H,24,27). The summed E-state index contributed by atoms with van der Waals surface area (Å²) in [6, 6.07) is 15.5. The van der Waals surface area contributed by atoms with Crippen molar-refractivity contribution in [1.29, 1.82) is 0 Å². The SMILES string of the molecule is COc1cc(C(=O)Nc2cccc(N3CCN(C)CC3)c2)sc1-c1ccccn1. The number of carbonyl (C=O) groups excluding carboxylic acids is 1. The molecule has 1 fully saturated rings. The molecular formula is C22H24N4O2S. The number of pyridine rings is 1. The van der Waals surface area contributed by atoms with E-state index in [0.717, 1.165) is 48.1 Å². The van der Waals surface area contributed by atoms with E-state index in [4.69, 9.17) is 4.74 Å². The summed E-state index contributed by atoms with van der Waals surface area (Å²) >= 11 is 1.38. The molecule has 7 heteroatoms. The number of nitrogens with one attached hydrogen (secondary N) is 1. The molecule has 0 aliphatic carbocycles. The Morgan fingerprint density at radius 1 is 1.10 bits per heavy atom. The van der Waals surface area contributed by atoms with Gasteiger partial charge in [-0.15, -0.1) is 11.3 Å². The number of ether oxygens (including phenoxy) is 1. The first kappa shape index (κ1) is 19.4. The van der Waals surface area contributed by atoms with E-state index < -0.39 is 0 Å². The van der Waals surface area contributed by atoms with Gasteiger partial charge in [-0.25, -0.2) is 0 Å². The lowest BCUT2D eigenvalue weighted by Gasteiger charge is -2.34. The van der Waals surface area contributed by atoms with Gasteiger partial charge in [-0.05, 0) is 37.4 Å². The summed E-state index contributed by atoms with van der Waals surface area (Å²) in [7, 11) is 3.75. The average Bonchev–Trinajstić information content (AvgIpc) is 3.20. The lowest BCUT2D eigenvalue weighted by atomic mass is 10.2. The number of thiophene rings is 1. The van der Waals surface area contributed by atoms with Crippen LogP contribution in [0.4, 0.5) is 11.4 Å². The number of likely N-dealkylation sites (N-methyl/N-ethyl adjacent to an activating group) is 1. The van der Waals surface area contributed by atoms with Crippen LogP contribution in [0.25, 0.3) is 10.6 Å². The number of carbonyl (C=O) groups is 1. The number of methoxy groups -OCH3 is 1. The first-order chi connectivity index (χ1) is 14.1. The van der Waals surface area contributed by atoms with Gasteiger partial charge in [-0.1, -0.05) is 12.1 Å². The first-order valence-electron chi connectivity index (χ1n) is 9.58. The summed E-state index contributed by atoms with van der Waals surface area (Å²) in [6.45, 7) is 4.07. The molecule has 1 aromatic carbocycles. The van der Waals surface area contributed by atoms with Crippen molar-refractivity contribution in [3.8, 4) is 16.3 Å². The minimum Gasteiger partial charge on any atom is -0.495 e. The highest BCUT2D eigenvalue weighted by Gasteiger charge is 2.18. The van der Waals surface area contributed by atoms with E-state index in [2.05, 4.69) is 33.2 Å². The predicted molar refractivity (Wildman–Crippen MR) is 118 cm³/mol. The van der Waals surface area contributed by atoms with Crippen molar-refractivity contribution in [3.05, 3.63) is 59.6 Å². The molecule has 4 rings (SSSR count). The Kier molecular flexibility index (Phi) is 5.78. The van der Waals surface area contributed by atoms with Crippen LogP contribution < -0.4 is 15.0 Å². The van der Waals surface area contributed by atoms with Gasteiger partial charge in [0.1, 0.15) is 5.75 Å². The molecule has 2 aromatic heterocycles. The van der Waals surface area contributed by atoms with E-state index in [1.807, 2.05) is 36.4 Å². The van der Waals surface area contributed by atoms with Crippen LogP contribution in [0.15, 0.2) is 54.7 Å². The Hall–Kier alpha value is -2.90. The number of piperazine rings is 1. The van der Waals surface area contributed by atoms with Gasteiger partial charge in [0.2, 0.25) is 0 Å². The number of hydrogen-bond acceptors (Lipinski definition) is 6. The van der Waals surface area contributed by atoms with Crippen molar-refractivity contribution >= 4 is 28.6 Å². The van der Waals surface area contributed by atoms with E-state index in [1.54, 1.807) is 19.4 Å². The molecule has 0 spiro atoms. The van der Waals surface area contributed by atoms with Gasteiger partial charge in [0.25, 0.3) is 5.91 Å². The predicted octanol–water partition coefficient (Wildman–Crippen LogP) is 3.82. The topological polar surface area (TPSA) is 57.7 Å². The Bertz CT molecular complexity index is 981. The third kappa shape index (κ3) is 4.41. The molecule has 29 heavy (non-hydrogen) atoms. The van der Waals surface area contributed by atoms with Crippen LogP contribution in [-0.4, -0.2) is 56.1 Å². The molecule has 0 unspecified atom stereocenters. The molecule has 1 aliphatic rings. The van der Waals surface area contributed by atoms with Crippen LogP contribution in [0.5, 0.6) is 5.75 Å². The Morgan fingerprint density at radius 3 is 2.66 bits per heavy atom. The summed E-state index contributed by atoms with van der Waals surface area (Å²) in [5.41, 5.74) is 2.72. The number of benzene rings is 1. The molecule has 0 atom stereocenters. The number of amides is 1. The Labute approximate surface area is 174 Å². The monoisotopic (exact) mass is 408 g/mol. The van der Waals surface area contributed by atoms with Crippen molar-refractivity contribution in [3.63, 3.8) is 0 Å². The molecule has 6 nitrogen and oxygen atoms in total. The zero-order chi connectivity index (χ0) is 20.2. The number of aromatic nitrogens is 1. The quantitative estimate of drug-likeness (QED) is 0.696. The smallest absolute Gasteiger partial charge is 0.265 e. The van der Waals surface area contributed by atoms with Gasteiger partial charge < -0.3 is 19.9 Å². The molecular weight excluding hydrogens is 384 g/mol. The first-order valence-corrected chi connectivity index (χ1v) is 10.4. The maximum atomic E-state index is 12.9. The summed E-state index contributed by atoms with van der Waals surface area (Å²) < 4.78 is 5.47. The summed E-state index contributed by atoms with van der Waals surface area (Å²) in [5.74, 6) is 0.510. The molecule has 1 N–H and O–H groups in total. The zero-order valence-corrected chi connectivity index (χ0v) is 17.4. The van der Waals surface area contributed by atoms with Crippen LogP contribution in [0.2, 0.25) is 0 Å². The molecule has 0 radical (unpaired) electrons. The highest BCUT2D eigenvalue weighted by Crippen LogP contribution is 2.37. The fourth-order valence-electron chi connectivity index (χ4n) is 3.35. The van der Waals surface area contributed by atoms with Gasteiger partial charge in [0.05, 0.1) is 22.6 Å². The number of hydrogen-bond donors (Lipinski definition) is 1. The van der Waals surface area contributed by atoms with E-state index in [1.165, 1.54) is 11.3 Å². The maximum absolute atomic E-state index is 12.9. The maximum Gasteiger partial charge on any atom is 0.265 e. The molecule has 3 aromatic rings. The Balaban J connectivity index is 1.51. The molecule has 1 saturated heterocycles. The van der Waals surface area contributed by atoms with E-state index in [0.29, 0.717) is 10.6 Å². The van der Waals surface area contributed by atoms with Crippen molar-refractivity contribution in [2.45, 2.75) is 0 Å². The van der Waals surface area contributed by atoms with Crippen LogP contribution in [0.3, 0.4) is 0 Å². The third-order valence-corrected chi connectivity index (χ3v) is 6.15. The minimum atomic E-state index is -0.147. The van der Waals surface area contributed by atoms with E-state index in [9.17, 15) is 4.79 Å². The van der Waals surface area contributed by atoms with Gasteiger partial charge in [0, 0.05) is 49.8 Å². The lowest BCUT2D eigenvalue weighted by molar-refractivity contribution is 0.103. The summed E-state index contributed by atoms with van der Waals surface area (Å²) in [4.78, 5) is 23.3. The van der Waals surface area contributed by atoms with Crippen molar-refractivity contribution in [2.24, 2.45) is 0 Å². The van der Waals surface area contributed by atoms with Gasteiger partial charge >= 0.3 is 0 Å². The molecule has 0 bridgehead atoms. The third-order valence-electron chi connectivity index (χ3n) is 5.01. The summed E-state index contributed by atoms with van der Waals surface area (Å²) in [6.07, 6.45) is 1.73. The fourth-order valence-corrected chi connectivity index (χ4v) is 4.35. The second-order valence-corrected chi connectivity index (χ2v) is 8.07. The largest absolute Gasteiger partial charge is 0.495 e. The van der Waals surface area contributed by atoms with Crippen LogP contribution in [-0.2, 0) is 0 Å². The highest BCUT2D eigenvalue weighted by atomic mass is 32.1. The van der Waals surface area contributed by atoms with Crippen molar-refractivity contribution in [2.75, 3.05) is 50.6 Å². The van der Waals surface area contributed by atoms with E-state index >= 15 is 0 Å². The second-order valence-electron chi connectivity index (χ2n) is 7.02. The Morgan fingerprint density at radius 2 is 1.93 bits per heavy atom. The molecule has 1 aliphatic heterocycles. The van der Waals surface area contributed by atoms with Crippen LogP contribution in [0, 0.1) is 0 Å². The number of rotatable bonds is 5. The molecule has 150 valence electrons. The van der Waals surface area contributed by atoms with Crippen molar-refractivity contribution < 1.29 is 9.53 Å². The number of anilines is 2. The second kappa shape index (κ2) is 8.63. The summed E-state index contributed by atoms with van der Waals surface area (Å²) in [5, 5.41) is 3.02. The molecule has 3 heterocycles. The van der Waals surface area contributed by atoms with E-state index in [-0.39, 0.29) is 5.91 Å². The van der Waals surface area contributed by atoms with Gasteiger partial charge in [0.15, 0.2) is 0 Å². The number of nitrogens with zero attached hydrogens (tertiary/aromatic N) is 3. The highest BCUT2D eigenvalue weighted by molar-refractivity contribution is 7.17.